The van der Waals surface area contributed by atoms with Crippen molar-refractivity contribution in [3.05, 3.63) is 27.7 Å². The third-order valence-electron chi connectivity index (χ3n) is 2.73. The zero-order chi connectivity index (χ0) is 11.9. The van der Waals surface area contributed by atoms with Crippen LogP contribution in [0.2, 0.25) is 10.0 Å². The number of hydrogen-bond acceptors (Lipinski definition) is 2. The number of anilines is 1. The molecule has 0 atom stereocenters. The second-order valence-corrected chi connectivity index (χ2v) is 5.16. The Hall–Kier alpha value is -0.930. The quantitative estimate of drug-likeness (QED) is 0.802. The fourth-order valence-electron chi connectivity index (χ4n) is 1.40. The maximum atomic E-state index is 11.8. The van der Waals surface area contributed by atoms with Crippen LogP contribution in [0.1, 0.15) is 30.1 Å². The molecule has 1 aliphatic rings. The number of hydrogen-bond donors (Lipinski definition) is 2. The highest BCUT2D eigenvalue weighted by Gasteiger charge is 2.38. The Labute approximate surface area is 104 Å². The van der Waals surface area contributed by atoms with Gasteiger partial charge in [-0.2, -0.15) is 0 Å². The second-order valence-electron chi connectivity index (χ2n) is 4.38. The standard InChI is InChI=1S/C11H12Cl2N2O/c1-11(2-3-11)15-10(16)6-4-7(12)9(13)8(14)5-6/h4-5H,2-3,14H2,1H3,(H,15,16). The van der Waals surface area contributed by atoms with Gasteiger partial charge in [-0.05, 0) is 31.9 Å². The molecule has 1 aromatic rings. The van der Waals surface area contributed by atoms with Crippen LogP contribution in [0.5, 0.6) is 0 Å². The number of nitrogens with two attached hydrogens (primary N) is 1. The van der Waals surface area contributed by atoms with Crippen LogP contribution in [0, 0.1) is 0 Å². The lowest BCUT2D eigenvalue weighted by Gasteiger charge is -2.12. The molecule has 5 heteroatoms. The van der Waals surface area contributed by atoms with Gasteiger partial charge in [0.05, 0.1) is 15.7 Å². The van der Waals surface area contributed by atoms with Crippen molar-refractivity contribution in [3.8, 4) is 0 Å². The topological polar surface area (TPSA) is 55.1 Å². The van der Waals surface area contributed by atoms with Crippen LogP contribution in [0.25, 0.3) is 0 Å². The molecule has 0 unspecified atom stereocenters. The number of rotatable bonds is 2. The number of nitrogens with one attached hydrogen (secondary N) is 1. The lowest BCUT2D eigenvalue weighted by molar-refractivity contribution is 0.0935. The molecule has 0 aliphatic heterocycles. The number of benzene rings is 1. The summed E-state index contributed by atoms with van der Waals surface area (Å²) in [5.41, 5.74) is 6.35. The van der Waals surface area contributed by atoms with Gasteiger partial charge < -0.3 is 11.1 Å². The minimum absolute atomic E-state index is 0.0576. The van der Waals surface area contributed by atoms with Crippen molar-refractivity contribution >= 4 is 34.8 Å². The summed E-state index contributed by atoms with van der Waals surface area (Å²) >= 11 is 11.7. The van der Waals surface area contributed by atoms with Gasteiger partial charge in [-0.3, -0.25) is 4.79 Å². The molecule has 2 rings (SSSR count). The summed E-state index contributed by atoms with van der Waals surface area (Å²) in [6.45, 7) is 2.01. The molecule has 1 saturated carbocycles. The summed E-state index contributed by atoms with van der Waals surface area (Å²) in [5, 5.41) is 3.51. The normalized spacial score (nSPS) is 16.9. The van der Waals surface area contributed by atoms with E-state index in [1.54, 1.807) is 0 Å². The molecule has 0 bridgehead atoms. The van der Waals surface area contributed by atoms with Crippen LogP contribution in [0.4, 0.5) is 5.69 Å². The molecule has 0 heterocycles. The predicted octanol–water partition coefficient (Wildman–Crippen LogP) is 2.86. The summed E-state index contributed by atoms with van der Waals surface area (Å²) < 4.78 is 0. The minimum atomic E-state index is -0.162. The van der Waals surface area contributed by atoms with E-state index < -0.39 is 0 Å². The number of halogens is 2. The molecule has 3 N–H and O–H groups in total. The lowest BCUT2D eigenvalue weighted by atomic mass is 10.1. The Kier molecular flexibility index (Phi) is 2.76. The molecule has 0 saturated heterocycles. The van der Waals surface area contributed by atoms with Crippen molar-refractivity contribution in [3.63, 3.8) is 0 Å². The average Bonchev–Trinajstić information content (AvgIpc) is 2.91. The summed E-state index contributed by atoms with van der Waals surface area (Å²) in [7, 11) is 0. The van der Waals surface area contributed by atoms with Crippen molar-refractivity contribution in [1.29, 1.82) is 0 Å². The lowest BCUT2D eigenvalue weighted by Crippen LogP contribution is -2.34. The first-order chi connectivity index (χ1) is 7.41. The Morgan fingerprint density at radius 2 is 2.06 bits per heavy atom. The van der Waals surface area contributed by atoms with Crippen LogP contribution in [0.3, 0.4) is 0 Å². The first-order valence-electron chi connectivity index (χ1n) is 4.98. The maximum Gasteiger partial charge on any atom is 0.251 e. The number of carbonyl (C=O) groups excluding carboxylic acids is 1. The molecule has 0 radical (unpaired) electrons. The van der Waals surface area contributed by atoms with Gasteiger partial charge in [0.2, 0.25) is 0 Å². The highest BCUT2D eigenvalue weighted by atomic mass is 35.5. The first-order valence-corrected chi connectivity index (χ1v) is 5.74. The molecular formula is C11H12Cl2N2O. The molecule has 1 amide bonds. The predicted molar refractivity (Wildman–Crippen MR) is 66.0 cm³/mol. The van der Waals surface area contributed by atoms with Gasteiger partial charge in [-0.1, -0.05) is 23.2 Å². The number of carbonyl (C=O) groups is 1. The number of amides is 1. The van der Waals surface area contributed by atoms with Crippen LogP contribution < -0.4 is 11.1 Å². The molecule has 16 heavy (non-hydrogen) atoms. The zero-order valence-corrected chi connectivity index (χ0v) is 10.3. The van der Waals surface area contributed by atoms with Gasteiger partial charge >= 0.3 is 0 Å². The maximum absolute atomic E-state index is 11.8. The summed E-state index contributed by atoms with van der Waals surface area (Å²) in [4.78, 5) is 11.8. The van der Waals surface area contributed by atoms with E-state index in [-0.39, 0.29) is 16.5 Å². The van der Waals surface area contributed by atoms with E-state index in [2.05, 4.69) is 5.32 Å². The Morgan fingerprint density at radius 3 is 2.56 bits per heavy atom. The van der Waals surface area contributed by atoms with Gasteiger partial charge in [0.15, 0.2) is 0 Å². The second kappa shape index (κ2) is 3.82. The Morgan fingerprint density at radius 1 is 1.44 bits per heavy atom. The third kappa shape index (κ3) is 2.25. The van der Waals surface area contributed by atoms with E-state index in [9.17, 15) is 4.79 Å². The molecule has 86 valence electrons. The van der Waals surface area contributed by atoms with Crippen molar-refractivity contribution in [2.75, 3.05) is 5.73 Å². The third-order valence-corrected chi connectivity index (χ3v) is 3.55. The molecule has 0 aromatic heterocycles. The van der Waals surface area contributed by atoms with Crippen LogP contribution in [-0.4, -0.2) is 11.4 Å². The molecule has 1 aliphatic carbocycles. The van der Waals surface area contributed by atoms with Gasteiger partial charge in [-0.15, -0.1) is 0 Å². The van der Waals surface area contributed by atoms with Crippen molar-refractivity contribution in [1.82, 2.24) is 5.32 Å². The minimum Gasteiger partial charge on any atom is -0.397 e. The fraction of sp³-hybridized carbons (Fsp3) is 0.364. The highest BCUT2D eigenvalue weighted by molar-refractivity contribution is 6.43. The highest BCUT2D eigenvalue weighted by Crippen LogP contribution is 2.35. The fourth-order valence-corrected chi connectivity index (χ4v) is 1.74. The van der Waals surface area contributed by atoms with Gasteiger partial charge in [0.25, 0.3) is 5.91 Å². The molecular weight excluding hydrogens is 247 g/mol. The average molecular weight is 259 g/mol. The van der Waals surface area contributed by atoms with Crippen molar-refractivity contribution < 1.29 is 4.79 Å². The van der Waals surface area contributed by atoms with E-state index in [0.717, 1.165) is 12.8 Å². The van der Waals surface area contributed by atoms with Crippen molar-refractivity contribution in [2.24, 2.45) is 0 Å². The molecule has 0 spiro atoms. The zero-order valence-electron chi connectivity index (χ0n) is 8.81. The Balaban J connectivity index is 2.23. The van der Waals surface area contributed by atoms with Gasteiger partial charge in [0.1, 0.15) is 0 Å². The summed E-state index contributed by atoms with van der Waals surface area (Å²) in [6.07, 6.45) is 2.02. The van der Waals surface area contributed by atoms with E-state index in [1.807, 2.05) is 6.92 Å². The van der Waals surface area contributed by atoms with Gasteiger partial charge in [0, 0.05) is 11.1 Å². The monoisotopic (exact) mass is 258 g/mol. The van der Waals surface area contributed by atoms with Crippen LogP contribution >= 0.6 is 23.2 Å². The SMILES string of the molecule is CC1(NC(=O)c2cc(N)c(Cl)c(Cl)c2)CC1. The largest absolute Gasteiger partial charge is 0.397 e. The summed E-state index contributed by atoms with van der Waals surface area (Å²) in [6, 6.07) is 3.07. The summed E-state index contributed by atoms with van der Waals surface area (Å²) in [5.74, 6) is -0.162. The van der Waals surface area contributed by atoms with Crippen LogP contribution in [-0.2, 0) is 0 Å². The first kappa shape index (κ1) is 11.6. The van der Waals surface area contributed by atoms with Crippen LogP contribution in [0.15, 0.2) is 12.1 Å². The molecule has 3 nitrogen and oxygen atoms in total. The molecule has 1 fully saturated rings. The molecule has 1 aromatic carbocycles. The number of nitrogen functional groups attached to an aromatic ring is 1. The van der Waals surface area contributed by atoms with Gasteiger partial charge in [-0.25, -0.2) is 0 Å². The van der Waals surface area contributed by atoms with Crippen molar-refractivity contribution in [2.45, 2.75) is 25.3 Å². The smallest absolute Gasteiger partial charge is 0.251 e. The Bertz CT molecular complexity index is 432. The van der Waals surface area contributed by atoms with E-state index in [0.29, 0.717) is 16.3 Å². The van der Waals surface area contributed by atoms with E-state index in [1.165, 1.54) is 12.1 Å². The van der Waals surface area contributed by atoms with E-state index in [4.69, 9.17) is 28.9 Å². The van der Waals surface area contributed by atoms with E-state index >= 15 is 0 Å².